The quantitative estimate of drug-likeness (QED) is 0.905. The van der Waals surface area contributed by atoms with E-state index in [2.05, 4.69) is 15.6 Å². The van der Waals surface area contributed by atoms with Crippen molar-refractivity contribution in [1.29, 1.82) is 0 Å². The van der Waals surface area contributed by atoms with Crippen LogP contribution in [0.25, 0.3) is 0 Å². The molecule has 0 aliphatic rings. The number of nitrogens with one attached hydrogen (secondary N) is 2. The van der Waals surface area contributed by atoms with Crippen molar-refractivity contribution in [2.75, 3.05) is 12.4 Å². The number of thiazole rings is 1. The van der Waals surface area contributed by atoms with E-state index in [-0.39, 0.29) is 18.2 Å². The number of hydrogen-bond acceptors (Lipinski definition) is 5. The Labute approximate surface area is 119 Å². The first-order chi connectivity index (χ1) is 9.69. The van der Waals surface area contributed by atoms with Crippen LogP contribution in [0.15, 0.2) is 35.7 Å². The summed E-state index contributed by atoms with van der Waals surface area (Å²) in [6, 6.07) is 9.35. The van der Waals surface area contributed by atoms with Crippen molar-refractivity contribution in [1.82, 2.24) is 10.3 Å². The molecule has 1 aromatic heterocycles. The summed E-state index contributed by atoms with van der Waals surface area (Å²) in [5.74, 6) is -0.299. The van der Waals surface area contributed by atoms with E-state index in [1.807, 2.05) is 30.3 Å². The van der Waals surface area contributed by atoms with Gasteiger partial charge in [-0.25, -0.2) is 9.78 Å². The second-order valence-electron chi connectivity index (χ2n) is 3.80. The summed E-state index contributed by atoms with van der Waals surface area (Å²) in [6.07, 6.45) is -0.605. The Kier molecular flexibility index (Phi) is 4.67. The van der Waals surface area contributed by atoms with E-state index >= 15 is 0 Å². The minimum atomic E-state index is -0.605. The molecule has 20 heavy (non-hydrogen) atoms. The molecule has 0 spiro atoms. The first kappa shape index (κ1) is 14.0. The van der Waals surface area contributed by atoms with Gasteiger partial charge in [-0.05, 0) is 5.56 Å². The molecule has 1 heterocycles. The maximum absolute atomic E-state index is 11.6. The topological polar surface area (TPSA) is 80.3 Å². The third-order valence-corrected chi connectivity index (χ3v) is 3.14. The Morgan fingerprint density at radius 2 is 2.05 bits per heavy atom. The number of carbonyl (C=O) groups is 2. The lowest BCUT2D eigenvalue weighted by atomic mass is 10.2. The van der Waals surface area contributed by atoms with Crippen LogP contribution >= 0.6 is 11.3 Å². The molecule has 1 aromatic carbocycles. The van der Waals surface area contributed by atoms with E-state index in [1.54, 1.807) is 5.38 Å². The molecule has 2 rings (SSSR count). The van der Waals surface area contributed by atoms with E-state index in [0.717, 1.165) is 16.9 Å². The molecule has 0 radical (unpaired) electrons. The number of amides is 2. The molecule has 2 aromatic rings. The Morgan fingerprint density at radius 1 is 1.30 bits per heavy atom. The molecular formula is C13H13N3O3S. The first-order valence-corrected chi connectivity index (χ1v) is 6.72. The van der Waals surface area contributed by atoms with E-state index in [1.165, 1.54) is 7.05 Å². The lowest BCUT2D eigenvalue weighted by Crippen LogP contribution is -2.18. The van der Waals surface area contributed by atoms with Crippen molar-refractivity contribution in [3.05, 3.63) is 47.0 Å². The van der Waals surface area contributed by atoms with Crippen LogP contribution in [0.2, 0.25) is 0 Å². The number of benzene rings is 1. The number of ether oxygens (including phenoxy) is 1. The minimum Gasteiger partial charge on any atom is -0.444 e. The number of carbonyl (C=O) groups excluding carboxylic acids is 2. The highest BCUT2D eigenvalue weighted by Crippen LogP contribution is 2.15. The van der Waals surface area contributed by atoms with Crippen molar-refractivity contribution < 1.29 is 14.3 Å². The summed E-state index contributed by atoms with van der Waals surface area (Å²) in [5.41, 5.74) is 1.16. The third-order valence-electron chi connectivity index (χ3n) is 2.39. The lowest BCUT2D eigenvalue weighted by molar-refractivity contribution is 0.0958. The van der Waals surface area contributed by atoms with Gasteiger partial charge in [0.05, 0.1) is 0 Å². The number of rotatable bonds is 4. The summed E-state index contributed by atoms with van der Waals surface area (Å²) in [4.78, 5) is 26.9. The molecule has 2 N–H and O–H groups in total. The van der Waals surface area contributed by atoms with Gasteiger partial charge in [-0.15, -0.1) is 11.3 Å². The smallest absolute Gasteiger partial charge is 0.413 e. The van der Waals surface area contributed by atoms with Crippen molar-refractivity contribution in [2.45, 2.75) is 6.61 Å². The molecule has 0 bridgehead atoms. The van der Waals surface area contributed by atoms with Gasteiger partial charge in [0.2, 0.25) is 0 Å². The summed E-state index contributed by atoms with van der Waals surface area (Å²) in [5, 5.41) is 6.82. The van der Waals surface area contributed by atoms with Crippen LogP contribution in [0.4, 0.5) is 9.93 Å². The summed E-state index contributed by atoms with van der Waals surface area (Å²) in [6.45, 7) is 0.181. The van der Waals surface area contributed by atoms with E-state index in [0.29, 0.717) is 5.13 Å². The maximum Gasteiger partial charge on any atom is 0.413 e. The largest absolute Gasteiger partial charge is 0.444 e. The Hall–Kier alpha value is -2.41. The molecule has 6 nitrogen and oxygen atoms in total. The zero-order valence-electron chi connectivity index (χ0n) is 10.8. The summed E-state index contributed by atoms with van der Waals surface area (Å²) >= 11 is 1.16. The van der Waals surface area contributed by atoms with Gasteiger partial charge >= 0.3 is 6.09 Å². The molecule has 0 saturated carbocycles. The Bertz CT molecular complexity index is 598. The van der Waals surface area contributed by atoms with Crippen molar-refractivity contribution in [3.8, 4) is 0 Å². The predicted octanol–water partition coefficient (Wildman–Crippen LogP) is 2.25. The molecule has 0 atom stereocenters. The average molecular weight is 291 g/mol. The van der Waals surface area contributed by atoms with Crippen molar-refractivity contribution in [3.63, 3.8) is 0 Å². The summed E-state index contributed by atoms with van der Waals surface area (Å²) < 4.78 is 5.04. The average Bonchev–Trinajstić information content (AvgIpc) is 2.94. The van der Waals surface area contributed by atoms with Gasteiger partial charge in [-0.1, -0.05) is 30.3 Å². The fourth-order valence-corrected chi connectivity index (χ4v) is 2.09. The van der Waals surface area contributed by atoms with Crippen LogP contribution in [0, 0.1) is 0 Å². The fourth-order valence-electron chi connectivity index (χ4n) is 1.41. The number of aromatic nitrogens is 1. The fraction of sp³-hybridized carbons (Fsp3) is 0.154. The Morgan fingerprint density at radius 3 is 2.75 bits per heavy atom. The molecule has 0 aliphatic heterocycles. The van der Waals surface area contributed by atoms with Gasteiger partial charge in [-0.3, -0.25) is 10.1 Å². The van der Waals surface area contributed by atoms with Crippen LogP contribution in [0.5, 0.6) is 0 Å². The van der Waals surface area contributed by atoms with Crippen LogP contribution in [0.3, 0.4) is 0 Å². The van der Waals surface area contributed by atoms with E-state index in [9.17, 15) is 9.59 Å². The second kappa shape index (κ2) is 6.67. The second-order valence-corrected chi connectivity index (χ2v) is 4.66. The molecule has 0 aliphatic carbocycles. The van der Waals surface area contributed by atoms with Crippen molar-refractivity contribution in [2.24, 2.45) is 0 Å². The maximum atomic E-state index is 11.6. The van der Waals surface area contributed by atoms with Crippen LogP contribution in [0.1, 0.15) is 16.1 Å². The van der Waals surface area contributed by atoms with E-state index < -0.39 is 6.09 Å². The zero-order chi connectivity index (χ0) is 14.4. The van der Waals surface area contributed by atoms with Crippen LogP contribution in [-0.4, -0.2) is 24.0 Å². The highest BCUT2D eigenvalue weighted by Gasteiger charge is 2.11. The number of anilines is 1. The third kappa shape index (κ3) is 3.79. The Balaban J connectivity index is 1.85. The molecule has 104 valence electrons. The molecule has 0 fully saturated rings. The predicted molar refractivity (Wildman–Crippen MR) is 75.8 cm³/mol. The molecule has 0 saturated heterocycles. The monoisotopic (exact) mass is 291 g/mol. The molecule has 7 heteroatoms. The zero-order valence-corrected chi connectivity index (χ0v) is 11.6. The highest BCUT2D eigenvalue weighted by molar-refractivity contribution is 7.14. The highest BCUT2D eigenvalue weighted by atomic mass is 32.1. The molecular weight excluding hydrogens is 278 g/mol. The minimum absolute atomic E-state index is 0.181. The van der Waals surface area contributed by atoms with Gasteiger partial charge in [0, 0.05) is 12.4 Å². The summed E-state index contributed by atoms with van der Waals surface area (Å²) in [7, 11) is 1.52. The standard InChI is InChI=1S/C13H13N3O3S/c1-14-11(17)10-8-20-12(15-10)16-13(18)19-7-9-5-3-2-4-6-9/h2-6,8H,7H2,1H3,(H,14,17)(H,15,16,18). The molecule has 2 amide bonds. The van der Waals surface area contributed by atoms with Gasteiger partial charge in [0.25, 0.3) is 5.91 Å². The number of hydrogen-bond donors (Lipinski definition) is 2. The first-order valence-electron chi connectivity index (χ1n) is 5.84. The van der Waals surface area contributed by atoms with Gasteiger partial charge < -0.3 is 10.1 Å². The van der Waals surface area contributed by atoms with Gasteiger partial charge in [-0.2, -0.15) is 0 Å². The van der Waals surface area contributed by atoms with Crippen LogP contribution in [-0.2, 0) is 11.3 Å². The van der Waals surface area contributed by atoms with Gasteiger partial charge in [0.1, 0.15) is 12.3 Å². The number of nitrogens with zero attached hydrogens (tertiary/aromatic N) is 1. The normalized spacial score (nSPS) is 9.85. The van der Waals surface area contributed by atoms with E-state index in [4.69, 9.17) is 4.74 Å². The molecule has 0 unspecified atom stereocenters. The lowest BCUT2D eigenvalue weighted by Gasteiger charge is -2.04. The SMILES string of the molecule is CNC(=O)c1csc(NC(=O)OCc2ccccc2)n1. The van der Waals surface area contributed by atoms with Crippen LogP contribution < -0.4 is 10.6 Å². The van der Waals surface area contributed by atoms with Gasteiger partial charge in [0.15, 0.2) is 5.13 Å². The van der Waals surface area contributed by atoms with Crippen molar-refractivity contribution >= 4 is 28.5 Å².